The number of fused-ring (bicyclic) bond motifs is 1. The van der Waals surface area contributed by atoms with E-state index in [9.17, 15) is 10.2 Å². The molecule has 5 nitrogen and oxygen atoms in total. The second-order valence-corrected chi connectivity index (χ2v) is 4.95. The average molecular weight is 308 g/mol. The van der Waals surface area contributed by atoms with E-state index in [-0.39, 0.29) is 11.5 Å². The third-order valence-corrected chi connectivity index (χ3v) is 3.33. The van der Waals surface area contributed by atoms with Crippen LogP contribution >= 0.6 is 0 Å². The van der Waals surface area contributed by atoms with Gasteiger partial charge in [0, 0.05) is 36.5 Å². The van der Waals surface area contributed by atoms with Crippen molar-refractivity contribution >= 4 is 28.9 Å². The van der Waals surface area contributed by atoms with Gasteiger partial charge in [0.15, 0.2) is 5.58 Å². The third kappa shape index (κ3) is 3.35. The topological polar surface area (TPSA) is 78.5 Å². The number of anilines is 1. The Morgan fingerprint density at radius 1 is 1.04 bits per heavy atom. The number of oxazole rings is 1. The highest BCUT2D eigenvalue weighted by atomic mass is 16.3. The van der Waals surface area contributed by atoms with Gasteiger partial charge < -0.3 is 19.9 Å². The third-order valence-electron chi connectivity index (χ3n) is 3.33. The number of rotatable bonds is 4. The van der Waals surface area contributed by atoms with E-state index in [4.69, 9.17) is 4.42 Å². The number of aromatic nitrogens is 1. The van der Waals surface area contributed by atoms with Crippen molar-refractivity contribution in [2.75, 3.05) is 12.4 Å². The molecular weight excluding hydrogens is 292 g/mol. The predicted molar refractivity (Wildman–Crippen MR) is 91.4 cm³/mol. The summed E-state index contributed by atoms with van der Waals surface area (Å²) in [5.41, 5.74) is 2.79. The van der Waals surface area contributed by atoms with Gasteiger partial charge in [-0.15, -0.1) is 0 Å². The number of aromatic hydroxyl groups is 2. The summed E-state index contributed by atoms with van der Waals surface area (Å²) in [6, 6.07) is 10.2. The summed E-state index contributed by atoms with van der Waals surface area (Å²) in [5, 5.41) is 22.3. The largest absolute Gasteiger partial charge is 0.508 e. The van der Waals surface area contributed by atoms with Crippen LogP contribution in [0.3, 0.4) is 0 Å². The predicted octanol–water partition coefficient (Wildman–Crippen LogP) is 4.01. The van der Waals surface area contributed by atoms with E-state index >= 15 is 0 Å². The van der Waals surface area contributed by atoms with Crippen LogP contribution in [0.1, 0.15) is 11.5 Å². The number of hydrogen-bond donors (Lipinski definition) is 3. The Hall–Kier alpha value is -3.21. The molecule has 0 amide bonds. The van der Waals surface area contributed by atoms with Crippen LogP contribution in [-0.2, 0) is 0 Å². The zero-order chi connectivity index (χ0) is 16.2. The van der Waals surface area contributed by atoms with Gasteiger partial charge in [-0.05, 0) is 24.3 Å². The molecular formula is C18H16N2O3. The number of nitrogens with zero attached hydrogens (tertiary/aromatic N) is 1. The van der Waals surface area contributed by atoms with Crippen molar-refractivity contribution in [1.82, 2.24) is 4.98 Å². The molecule has 116 valence electrons. The number of benzene rings is 2. The number of allylic oxidation sites excluding steroid dienone is 2. The first-order valence-corrected chi connectivity index (χ1v) is 7.11. The minimum Gasteiger partial charge on any atom is -0.508 e. The highest BCUT2D eigenvalue weighted by Gasteiger charge is 2.03. The van der Waals surface area contributed by atoms with Gasteiger partial charge in [0.05, 0.1) is 0 Å². The zero-order valence-electron chi connectivity index (χ0n) is 12.5. The maximum Gasteiger partial charge on any atom is 0.219 e. The Labute approximate surface area is 133 Å². The van der Waals surface area contributed by atoms with Gasteiger partial charge in [0.1, 0.15) is 17.0 Å². The van der Waals surface area contributed by atoms with Crippen LogP contribution < -0.4 is 5.32 Å². The average Bonchev–Trinajstić information content (AvgIpc) is 2.94. The first-order valence-electron chi connectivity index (χ1n) is 7.11. The highest BCUT2D eigenvalue weighted by molar-refractivity contribution is 5.75. The lowest BCUT2D eigenvalue weighted by Crippen LogP contribution is -1.87. The van der Waals surface area contributed by atoms with Gasteiger partial charge in [-0.25, -0.2) is 4.98 Å². The Kier molecular flexibility index (Phi) is 4.01. The second-order valence-electron chi connectivity index (χ2n) is 4.95. The van der Waals surface area contributed by atoms with Crippen LogP contribution in [0.15, 0.2) is 53.0 Å². The van der Waals surface area contributed by atoms with Crippen LogP contribution in [0.5, 0.6) is 11.5 Å². The van der Waals surface area contributed by atoms with Crippen molar-refractivity contribution in [1.29, 1.82) is 0 Å². The molecule has 0 fully saturated rings. The molecule has 0 aliphatic heterocycles. The van der Waals surface area contributed by atoms with Crippen molar-refractivity contribution in [3.05, 3.63) is 60.0 Å². The van der Waals surface area contributed by atoms with Gasteiger partial charge in [-0.1, -0.05) is 18.2 Å². The van der Waals surface area contributed by atoms with Crippen LogP contribution in [0.25, 0.3) is 23.3 Å². The fraction of sp³-hybridized carbons (Fsp3) is 0.0556. The van der Waals surface area contributed by atoms with E-state index in [1.807, 2.05) is 12.1 Å². The summed E-state index contributed by atoms with van der Waals surface area (Å²) >= 11 is 0. The fourth-order valence-electron chi connectivity index (χ4n) is 2.14. The summed E-state index contributed by atoms with van der Waals surface area (Å²) in [7, 11) is 1.80. The first kappa shape index (κ1) is 14.7. The standard InChI is InChI=1S/C18H16N2O3/c1-19-13-7-6-12(16(22)10-13)4-2-3-5-18-20-15-9-8-14(21)11-17(15)23-18/h2-11,19,21-22H,1H3/b4-2+,5-3+. The molecule has 3 aromatic rings. The second kappa shape index (κ2) is 6.27. The molecule has 23 heavy (non-hydrogen) atoms. The van der Waals surface area contributed by atoms with Gasteiger partial charge in [-0.3, -0.25) is 0 Å². The van der Waals surface area contributed by atoms with Crippen LogP contribution in [-0.4, -0.2) is 22.2 Å². The monoisotopic (exact) mass is 308 g/mol. The SMILES string of the molecule is CNc1ccc(/C=C/C=C/c2nc3ccc(O)cc3o2)c(O)c1. The van der Waals surface area contributed by atoms with E-state index < -0.39 is 0 Å². The Morgan fingerprint density at radius 2 is 1.87 bits per heavy atom. The quantitative estimate of drug-likeness (QED) is 0.635. The van der Waals surface area contributed by atoms with E-state index in [1.165, 1.54) is 6.07 Å². The molecule has 2 aromatic carbocycles. The lowest BCUT2D eigenvalue weighted by Gasteiger charge is -2.02. The van der Waals surface area contributed by atoms with Crippen LogP contribution in [0.2, 0.25) is 0 Å². The fourth-order valence-corrected chi connectivity index (χ4v) is 2.14. The van der Waals surface area contributed by atoms with Gasteiger partial charge in [0.25, 0.3) is 0 Å². The normalized spacial score (nSPS) is 11.7. The number of phenols is 2. The Balaban J connectivity index is 1.74. The molecule has 0 radical (unpaired) electrons. The number of phenolic OH excluding ortho intramolecular Hbond substituents is 2. The Morgan fingerprint density at radius 3 is 2.65 bits per heavy atom. The maximum absolute atomic E-state index is 9.89. The minimum absolute atomic E-state index is 0.143. The number of nitrogens with one attached hydrogen (secondary N) is 1. The smallest absolute Gasteiger partial charge is 0.219 e. The summed E-state index contributed by atoms with van der Waals surface area (Å²) < 4.78 is 5.51. The summed E-state index contributed by atoms with van der Waals surface area (Å²) in [6.07, 6.45) is 7.07. The van der Waals surface area contributed by atoms with Crippen LogP contribution in [0, 0.1) is 0 Å². The lowest BCUT2D eigenvalue weighted by atomic mass is 10.1. The maximum atomic E-state index is 9.89. The molecule has 0 saturated heterocycles. The lowest BCUT2D eigenvalue weighted by molar-refractivity contribution is 0.473. The molecule has 0 aliphatic carbocycles. The van der Waals surface area contributed by atoms with Crippen molar-refractivity contribution in [3.63, 3.8) is 0 Å². The first-order chi connectivity index (χ1) is 11.2. The molecule has 1 heterocycles. The summed E-state index contributed by atoms with van der Waals surface area (Å²) in [4.78, 5) is 4.28. The molecule has 0 atom stereocenters. The van der Waals surface area contributed by atoms with Gasteiger partial charge in [-0.2, -0.15) is 0 Å². The molecule has 0 bridgehead atoms. The Bertz CT molecular complexity index is 894. The van der Waals surface area contributed by atoms with Crippen LogP contribution in [0.4, 0.5) is 5.69 Å². The van der Waals surface area contributed by atoms with E-state index in [0.29, 0.717) is 17.0 Å². The minimum atomic E-state index is 0.143. The van der Waals surface area contributed by atoms with Gasteiger partial charge in [0.2, 0.25) is 5.89 Å². The van der Waals surface area contributed by atoms with Gasteiger partial charge >= 0.3 is 0 Å². The molecule has 5 heteroatoms. The van der Waals surface area contributed by atoms with Crippen molar-refractivity contribution < 1.29 is 14.6 Å². The van der Waals surface area contributed by atoms with E-state index in [0.717, 1.165) is 11.3 Å². The van der Waals surface area contributed by atoms with E-state index in [1.54, 1.807) is 49.6 Å². The summed E-state index contributed by atoms with van der Waals surface area (Å²) in [5.74, 6) is 0.799. The zero-order valence-corrected chi connectivity index (χ0v) is 12.5. The highest BCUT2D eigenvalue weighted by Crippen LogP contribution is 2.23. The molecule has 0 aliphatic rings. The molecule has 3 rings (SSSR count). The van der Waals surface area contributed by atoms with Crippen molar-refractivity contribution in [3.8, 4) is 11.5 Å². The molecule has 1 aromatic heterocycles. The van der Waals surface area contributed by atoms with E-state index in [2.05, 4.69) is 10.3 Å². The molecule has 0 saturated carbocycles. The molecule has 0 spiro atoms. The molecule has 3 N–H and O–H groups in total. The molecule has 0 unspecified atom stereocenters. The summed E-state index contributed by atoms with van der Waals surface area (Å²) in [6.45, 7) is 0. The number of hydrogen-bond acceptors (Lipinski definition) is 5. The van der Waals surface area contributed by atoms with Crippen molar-refractivity contribution in [2.45, 2.75) is 0 Å². The van der Waals surface area contributed by atoms with Crippen molar-refractivity contribution in [2.24, 2.45) is 0 Å².